The molecule has 0 saturated carbocycles. The van der Waals surface area contributed by atoms with E-state index < -0.39 is 15.8 Å². The normalized spacial score (nSPS) is 12.0. The lowest BCUT2D eigenvalue weighted by atomic mass is 10.0. The van der Waals surface area contributed by atoms with Crippen LogP contribution in [0.2, 0.25) is 0 Å². The number of aryl methyl sites for hydroxylation is 1. The Hall–Kier alpha value is -3.85. The van der Waals surface area contributed by atoms with Crippen LogP contribution in [-0.2, 0) is 10.0 Å². The summed E-state index contributed by atoms with van der Waals surface area (Å²) in [7, 11) is -3.90. The molecule has 172 valence electrons. The van der Waals surface area contributed by atoms with Gasteiger partial charge >= 0.3 is 0 Å². The molecule has 5 rings (SSSR count). The minimum Gasteiger partial charge on any atom is -0.279 e. The molecule has 0 aliphatic rings. The van der Waals surface area contributed by atoms with Gasteiger partial charge in [0.25, 0.3) is 10.0 Å². The minimum absolute atomic E-state index is 0.0187. The maximum absolute atomic E-state index is 13.3. The van der Waals surface area contributed by atoms with Gasteiger partial charge in [0.05, 0.1) is 16.3 Å². The summed E-state index contributed by atoms with van der Waals surface area (Å²) in [5, 5.41) is 15.3. The monoisotopic (exact) mass is 475 g/mol. The standard InChI is InChI=1S/C25H22FN5O2S/c1-15(2)24-27-28-25-21-7-5-4-6-20(21)23(29-31(24)25)17-9-8-16(3)22(14-17)30-34(32,33)19-12-10-18(26)11-13-19/h4-15,30H,1-3H3. The predicted octanol–water partition coefficient (Wildman–Crippen LogP) is 5.32. The van der Waals surface area contributed by atoms with E-state index in [1.54, 1.807) is 10.6 Å². The molecule has 0 bridgehead atoms. The molecule has 0 unspecified atom stereocenters. The topological polar surface area (TPSA) is 89.2 Å². The lowest BCUT2D eigenvalue weighted by Crippen LogP contribution is -2.14. The Labute approximate surface area is 196 Å². The zero-order valence-electron chi connectivity index (χ0n) is 18.8. The molecule has 0 fully saturated rings. The van der Waals surface area contributed by atoms with Crippen LogP contribution in [0.15, 0.2) is 71.6 Å². The number of anilines is 1. The molecule has 3 aromatic carbocycles. The second-order valence-corrected chi connectivity index (χ2v) is 10.1. The highest BCUT2D eigenvalue weighted by atomic mass is 32.2. The Morgan fingerprint density at radius 1 is 0.941 bits per heavy atom. The van der Waals surface area contributed by atoms with Gasteiger partial charge in [0, 0.05) is 22.3 Å². The molecule has 0 radical (unpaired) electrons. The zero-order chi connectivity index (χ0) is 24.0. The first-order chi connectivity index (χ1) is 16.2. The van der Waals surface area contributed by atoms with Crippen molar-refractivity contribution in [2.45, 2.75) is 31.6 Å². The molecular weight excluding hydrogens is 453 g/mol. The number of hydrogen-bond acceptors (Lipinski definition) is 5. The van der Waals surface area contributed by atoms with Crippen molar-refractivity contribution < 1.29 is 12.8 Å². The molecule has 0 atom stereocenters. The average molecular weight is 476 g/mol. The maximum Gasteiger partial charge on any atom is 0.261 e. The van der Waals surface area contributed by atoms with E-state index >= 15 is 0 Å². The van der Waals surface area contributed by atoms with E-state index in [0.29, 0.717) is 17.0 Å². The number of aromatic nitrogens is 4. The Balaban J connectivity index is 1.66. The first kappa shape index (κ1) is 22.0. The summed E-state index contributed by atoms with van der Waals surface area (Å²) in [6, 6.07) is 18.0. The van der Waals surface area contributed by atoms with Gasteiger partial charge in [-0.15, -0.1) is 10.2 Å². The van der Waals surface area contributed by atoms with E-state index in [4.69, 9.17) is 5.10 Å². The van der Waals surface area contributed by atoms with Crippen molar-refractivity contribution in [3.8, 4) is 11.3 Å². The minimum atomic E-state index is -3.90. The van der Waals surface area contributed by atoms with Crippen molar-refractivity contribution in [3.05, 3.63) is 83.9 Å². The Kier molecular flexibility index (Phi) is 5.28. The molecule has 0 saturated heterocycles. The molecule has 0 aliphatic heterocycles. The van der Waals surface area contributed by atoms with Gasteiger partial charge in [-0.05, 0) is 42.8 Å². The van der Waals surface area contributed by atoms with Crippen molar-refractivity contribution in [1.29, 1.82) is 0 Å². The average Bonchev–Trinajstić information content (AvgIpc) is 3.25. The number of nitrogens with zero attached hydrogens (tertiary/aromatic N) is 4. The van der Waals surface area contributed by atoms with E-state index in [2.05, 4.69) is 14.9 Å². The largest absolute Gasteiger partial charge is 0.279 e. The molecular formula is C25H22FN5O2S. The van der Waals surface area contributed by atoms with Crippen LogP contribution >= 0.6 is 0 Å². The van der Waals surface area contributed by atoms with Gasteiger partial charge in [0.15, 0.2) is 11.5 Å². The fourth-order valence-corrected chi connectivity index (χ4v) is 4.99. The molecule has 2 aromatic heterocycles. The molecule has 0 spiro atoms. The molecule has 5 aromatic rings. The van der Waals surface area contributed by atoms with Crippen molar-refractivity contribution in [2.75, 3.05) is 4.72 Å². The van der Waals surface area contributed by atoms with Gasteiger partial charge in [-0.25, -0.2) is 12.8 Å². The van der Waals surface area contributed by atoms with Gasteiger partial charge in [0.1, 0.15) is 5.82 Å². The SMILES string of the molecule is Cc1ccc(-c2nn3c(C(C)C)nnc3c3ccccc23)cc1NS(=O)(=O)c1ccc(F)cc1. The van der Waals surface area contributed by atoms with Crippen LogP contribution in [0, 0.1) is 12.7 Å². The van der Waals surface area contributed by atoms with Crippen molar-refractivity contribution >= 4 is 32.1 Å². The van der Waals surface area contributed by atoms with Gasteiger partial charge in [-0.1, -0.05) is 50.2 Å². The predicted molar refractivity (Wildman–Crippen MR) is 130 cm³/mol. The third kappa shape index (κ3) is 3.77. The highest BCUT2D eigenvalue weighted by Crippen LogP contribution is 2.32. The fourth-order valence-electron chi connectivity index (χ4n) is 3.87. The van der Waals surface area contributed by atoms with Crippen molar-refractivity contribution in [2.24, 2.45) is 0 Å². The summed E-state index contributed by atoms with van der Waals surface area (Å²) in [6.45, 7) is 5.88. The van der Waals surface area contributed by atoms with Crippen LogP contribution in [0.1, 0.15) is 31.2 Å². The summed E-state index contributed by atoms with van der Waals surface area (Å²) in [6.07, 6.45) is 0. The first-order valence-corrected chi connectivity index (χ1v) is 12.3. The number of nitrogens with one attached hydrogen (secondary N) is 1. The number of sulfonamides is 1. The quantitative estimate of drug-likeness (QED) is 0.372. The molecule has 7 nitrogen and oxygen atoms in total. The van der Waals surface area contributed by atoms with Crippen molar-refractivity contribution in [1.82, 2.24) is 19.8 Å². The smallest absolute Gasteiger partial charge is 0.261 e. The summed E-state index contributed by atoms with van der Waals surface area (Å²) < 4.78 is 43.5. The van der Waals surface area contributed by atoms with Crippen LogP contribution in [0.3, 0.4) is 0 Å². The van der Waals surface area contributed by atoms with Crippen LogP contribution in [0.25, 0.3) is 27.7 Å². The Morgan fingerprint density at radius 2 is 1.65 bits per heavy atom. The molecule has 1 N–H and O–H groups in total. The molecule has 9 heteroatoms. The van der Waals surface area contributed by atoms with Gasteiger partial charge in [0.2, 0.25) is 0 Å². The Bertz CT molecular complexity index is 1640. The third-order valence-electron chi connectivity index (χ3n) is 5.68. The number of benzene rings is 3. The van der Waals surface area contributed by atoms with Gasteiger partial charge < -0.3 is 0 Å². The van der Waals surface area contributed by atoms with E-state index in [1.807, 2.05) is 57.2 Å². The fraction of sp³-hybridized carbons (Fsp3) is 0.160. The lowest BCUT2D eigenvalue weighted by molar-refractivity contribution is 0.599. The van der Waals surface area contributed by atoms with Crippen LogP contribution in [0.4, 0.5) is 10.1 Å². The van der Waals surface area contributed by atoms with Crippen LogP contribution in [-0.4, -0.2) is 28.2 Å². The maximum atomic E-state index is 13.3. The number of rotatable bonds is 5. The molecule has 34 heavy (non-hydrogen) atoms. The highest BCUT2D eigenvalue weighted by molar-refractivity contribution is 7.92. The summed E-state index contributed by atoms with van der Waals surface area (Å²) in [5.74, 6) is 0.360. The lowest BCUT2D eigenvalue weighted by Gasteiger charge is -2.14. The first-order valence-electron chi connectivity index (χ1n) is 10.8. The van der Waals surface area contributed by atoms with Gasteiger partial charge in [-0.3, -0.25) is 4.72 Å². The van der Waals surface area contributed by atoms with Gasteiger partial charge in [-0.2, -0.15) is 9.61 Å². The van der Waals surface area contributed by atoms with E-state index in [1.165, 1.54) is 12.1 Å². The van der Waals surface area contributed by atoms with Crippen molar-refractivity contribution in [3.63, 3.8) is 0 Å². The molecule has 0 aliphatic carbocycles. The van der Waals surface area contributed by atoms with E-state index in [9.17, 15) is 12.8 Å². The second kappa shape index (κ2) is 8.18. The number of halogens is 1. The van der Waals surface area contributed by atoms with E-state index in [0.717, 1.165) is 39.9 Å². The zero-order valence-corrected chi connectivity index (χ0v) is 19.6. The number of hydrogen-bond donors (Lipinski definition) is 1. The van der Waals surface area contributed by atoms with E-state index in [-0.39, 0.29) is 10.8 Å². The summed E-state index contributed by atoms with van der Waals surface area (Å²) in [4.78, 5) is -0.0187. The second-order valence-electron chi connectivity index (χ2n) is 8.43. The van der Waals surface area contributed by atoms with Crippen LogP contribution in [0.5, 0.6) is 0 Å². The summed E-state index contributed by atoms with van der Waals surface area (Å²) >= 11 is 0. The Morgan fingerprint density at radius 3 is 2.35 bits per heavy atom. The molecule has 2 heterocycles. The molecule has 0 amide bonds. The number of fused-ring (bicyclic) bond motifs is 3. The highest BCUT2D eigenvalue weighted by Gasteiger charge is 2.19. The third-order valence-corrected chi connectivity index (χ3v) is 7.06. The van der Waals surface area contributed by atoms with Crippen LogP contribution < -0.4 is 4.72 Å². The summed E-state index contributed by atoms with van der Waals surface area (Å²) in [5.41, 5.74) is 3.26.